The summed E-state index contributed by atoms with van der Waals surface area (Å²) in [5.74, 6) is 0.820. The topological polar surface area (TPSA) is 50.7 Å². The molecule has 0 fully saturated rings. The number of nitrogens with one attached hydrogen (secondary N) is 1. The van der Waals surface area contributed by atoms with Gasteiger partial charge in [-0.25, -0.2) is 4.98 Å². The molecule has 3 aromatic rings. The molecule has 0 saturated heterocycles. The Morgan fingerprint density at radius 3 is 2.81 bits per heavy atom. The first-order valence-corrected chi connectivity index (χ1v) is 9.09. The average molecular weight is 334 g/mol. The number of hydrogen-bond acceptors (Lipinski definition) is 7. The van der Waals surface area contributed by atoms with Crippen molar-refractivity contribution in [2.75, 3.05) is 5.32 Å². The van der Waals surface area contributed by atoms with E-state index in [4.69, 9.17) is 0 Å². The number of aryl methyl sites for hydroxylation is 2. The lowest BCUT2D eigenvalue weighted by Crippen LogP contribution is -1.92. The number of thiazole rings is 1. The summed E-state index contributed by atoms with van der Waals surface area (Å²) in [6.07, 6.45) is 0. The zero-order valence-corrected chi connectivity index (χ0v) is 14.1. The number of benzene rings is 1. The maximum Gasteiger partial charge on any atom is 0.187 e. The van der Waals surface area contributed by atoms with E-state index in [0.717, 1.165) is 31.6 Å². The van der Waals surface area contributed by atoms with Crippen LogP contribution in [0.5, 0.6) is 0 Å². The Kier molecular flexibility index (Phi) is 4.52. The molecule has 0 spiro atoms. The first-order chi connectivity index (χ1) is 10.2. The fourth-order valence-electron chi connectivity index (χ4n) is 1.73. The van der Waals surface area contributed by atoms with Crippen LogP contribution in [0.15, 0.2) is 34.0 Å². The van der Waals surface area contributed by atoms with Crippen LogP contribution in [-0.4, -0.2) is 15.2 Å². The highest BCUT2D eigenvalue weighted by atomic mass is 32.2. The highest BCUT2D eigenvalue weighted by Gasteiger charge is 2.06. The van der Waals surface area contributed by atoms with E-state index in [1.165, 1.54) is 5.56 Å². The molecule has 0 amide bonds. The van der Waals surface area contributed by atoms with Crippen LogP contribution in [0.25, 0.3) is 0 Å². The van der Waals surface area contributed by atoms with E-state index in [-0.39, 0.29) is 0 Å². The minimum atomic E-state index is 0.820. The van der Waals surface area contributed by atoms with Crippen LogP contribution in [0.2, 0.25) is 0 Å². The van der Waals surface area contributed by atoms with Crippen LogP contribution in [0.3, 0.4) is 0 Å². The second kappa shape index (κ2) is 6.55. The van der Waals surface area contributed by atoms with Gasteiger partial charge in [0.2, 0.25) is 0 Å². The maximum atomic E-state index is 4.61. The van der Waals surface area contributed by atoms with Gasteiger partial charge in [0.1, 0.15) is 5.01 Å². The lowest BCUT2D eigenvalue weighted by molar-refractivity contribution is 0.983. The first kappa shape index (κ1) is 14.5. The fourth-order valence-corrected chi connectivity index (χ4v) is 4.27. The number of rotatable bonds is 5. The molecule has 4 nitrogen and oxygen atoms in total. The number of nitrogens with zero attached hydrogens (tertiary/aromatic N) is 3. The van der Waals surface area contributed by atoms with Crippen molar-refractivity contribution >= 4 is 45.3 Å². The number of anilines is 2. The molecule has 0 aliphatic heterocycles. The van der Waals surface area contributed by atoms with Crippen molar-refractivity contribution in [3.63, 3.8) is 0 Å². The normalized spacial score (nSPS) is 10.8. The average Bonchev–Trinajstić information content (AvgIpc) is 3.08. The van der Waals surface area contributed by atoms with Crippen molar-refractivity contribution in [3.05, 3.63) is 45.9 Å². The van der Waals surface area contributed by atoms with Gasteiger partial charge in [0.25, 0.3) is 0 Å². The molecule has 0 aliphatic rings. The van der Waals surface area contributed by atoms with Crippen LogP contribution >= 0.6 is 34.4 Å². The molecule has 0 saturated carbocycles. The number of aromatic nitrogens is 3. The van der Waals surface area contributed by atoms with Crippen LogP contribution in [0, 0.1) is 13.8 Å². The van der Waals surface area contributed by atoms with Gasteiger partial charge in [-0.05, 0) is 25.5 Å². The number of hydrogen-bond donors (Lipinski definition) is 1. The highest BCUT2D eigenvalue weighted by Crippen LogP contribution is 2.28. The summed E-state index contributed by atoms with van der Waals surface area (Å²) in [4.78, 5) is 4.61. The Balaban J connectivity index is 1.62. The quantitative estimate of drug-likeness (QED) is 0.688. The van der Waals surface area contributed by atoms with E-state index in [0.29, 0.717) is 0 Å². The van der Waals surface area contributed by atoms with E-state index in [1.54, 1.807) is 34.4 Å². The third kappa shape index (κ3) is 3.81. The Labute approximate surface area is 135 Å². The van der Waals surface area contributed by atoms with E-state index in [2.05, 4.69) is 44.9 Å². The van der Waals surface area contributed by atoms with Gasteiger partial charge in [-0.1, -0.05) is 41.3 Å². The molecule has 108 valence electrons. The molecule has 7 heteroatoms. The van der Waals surface area contributed by atoms with Gasteiger partial charge in [-0.3, -0.25) is 0 Å². The molecule has 2 aromatic heterocycles. The Morgan fingerprint density at radius 1 is 1.19 bits per heavy atom. The van der Waals surface area contributed by atoms with E-state index in [1.807, 2.05) is 19.1 Å². The summed E-state index contributed by atoms with van der Waals surface area (Å²) in [5, 5.41) is 15.5. The van der Waals surface area contributed by atoms with Crippen molar-refractivity contribution in [2.45, 2.75) is 23.9 Å². The maximum absolute atomic E-state index is 4.61. The van der Waals surface area contributed by atoms with Crippen molar-refractivity contribution in [2.24, 2.45) is 0 Å². The second-order valence-electron chi connectivity index (χ2n) is 4.46. The largest absolute Gasteiger partial charge is 0.331 e. The molecular weight excluding hydrogens is 320 g/mol. The van der Waals surface area contributed by atoms with Crippen molar-refractivity contribution in [3.8, 4) is 0 Å². The highest BCUT2D eigenvalue weighted by molar-refractivity contribution is 8.00. The summed E-state index contributed by atoms with van der Waals surface area (Å²) in [6, 6.07) is 8.21. The van der Waals surface area contributed by atoms with Crippen molar-refractivity contribution in [1.29, 1.82) is 0 Å². The number of para-hydroxylation sites is 1. The van der Waals surface area contributed by atoms with Crippen LogP contribution < -0.4 is 5.32 Å². The Hall–Kier alpha value is -1.44. The molecule has 21 heavy (non-hydrogen) atoms. The molecule has 3 rings (SSSR count). The third-order valence-corrected chi connectivity index (χ3v) is 5.60. The zero-order chi connectivity index (χ0) is 14.7. The smallest absolute Gasteiger partial charge is 0.187 e. The van der Waals surface area contributed by atoms with E-state index >= 15 is 0 Å². The predicted molar refractivity (Wildman–Crippen MR) is 90.8 cm³/mol. The molecule has 0 bridgehead atoms. The molecule has 0 unspecified atom stereocenters. The molecule has 1 N–H and O–H groups in total. The van der Waals surface area contributed by atoms with Crippen LogP contribution in [0.4, 0.5) is 10.8 Å². The summed E-state index contributed by atoms with van der Waals surface area (Å²) in [7, 11) is 0. The third-order valence-electron chi connectivity index (χ3n) is 2.79. The van der Waals surface area contributed by atoms with Gasteiger partial charge in [0.05, 0.1) is 5.69 Å². The minimum Gasteiger partial charge on any atom is -0.331 e. The lowest BCUT2D eigenvalue weighted by atomic mass is 10.2. The minimum absolute atomic E-state index is 0.820. The molecule has 0 atom stereocenters. The van der Waals surface area contributed by atoms with Gasteiger partial charge < -0.3 is 5.32 Å². The van der Waals surface area contributed by atoms with Crippen LogP contribution in [-0.2, 0) is 5.75 Å². The monoisotopic (exact) mass is 334 g/mol. The number of thioether (sulfide) groups is 1. The lowest BCUT2D eigenvalue weighted by Gasteiger charge is -2.05. The fraction of sp³-hybridized carbons (Fsp3) is 0.214. The van der Waals surface area contributed by atoms with E-state index in [9.17, 15) is 0 Å². The molecular formula is C14H14N4S3. The van der Waals surface area contributed by atoms with Crippen molar-refractivity contribution in [1.82, 2.24) is 15.2 Å². The summed E-state index contributed by atoms with van der Waals surface area (Å²) in [5.41, 5.74) is 3.38. The van der Waals surface area contributed by atoms with Gasteiger partial charge >= 0.3 is 0 Å². The van der Waals surface area contributed by atoms with Crippen LogP contribution in [0.1, 0.15) is 16.3 Å². The van der Waals surface area contributed by atoms with Gasteiger partial charge in [-0.2, -0.15) is 0 Å². The molecule has 2 heterocycles. The van der Waals surface area contributed by atoms with Gasteiger partial charge in [0, 0.05) is 16.8 Å². The second-order valence-corrected chi connectivity index (χ2v) is 7.72. The van der Waals surface area contributed by atoms with Gasteiger partial charge in [-0.15, -0.1) is 21.5 Å². The summed E-state index contributed by atoms with van der Waals surface area (Å²) >= 11 is 4.92. The molecule has 0 radical (unpaired) electrons. The SMILES string of the molecule is Cc1nnc(SCc2csc(Nc3ccccc3C)n2)s1. The Bertz CT molecular complexity index is 735. The zero-order valence-electron chi connectivity index (χ0n) is 11.7. The van der Waals surface area contributed by atoms with E-state index < -0.39 is 0 Å². The first-order valence-electron chi connectivity index (χ1n) is 6.40. The predicted octanol–water partition coefficient (Wildman–Crippen LogP) is 4.65. The standard InChI is InChI=1S/C14H14N4S3/c1-9-5-3-4-6-12(9)16-13-15-11(7-19-13)8-20-14-18-17-10(2)21-14/h3-7H,8H2,1-2H3,(H,15,16). The summed E-state index contributed by atoms with van der Waals surface area (Å²) < 4.78 is 0.994. The van der Waals surface area contributed by atoms with Crippen molar-refractivity contribution < 1.29 is 0 Å². The molecule has 0 aliphatic carbocycles. The Morgan fingerprint density at radius 2 is 2.05 bits per heavy atom. The molecule has 1 aromatic carbocycles. The van der Waals surface area contributed by atoms with Gasteiger partial charge in [0.15, 0.2) is 9.47 Å². The summed E-state index contributed by atoms with van der Waals surface area (Å²) in [6.45, 7) is 4.05.